The Kier molecular flexibility index (Phi) is 3.84. The molecule has 0 radical (unpaired) electrons. The Balaban J connectivity index is 2.16. The molecule has 1 aliphatic carbocycles. The van der Waals surface area contributed by atoms with Crippen LogP contribution in [-0.2, 0) is 9.53 Å². The van der Waals surface area contributed by atoms with Gasteiger partial charge in [-0.3, -0.25) is 4.79 Å². The highest BCUT2D eigenvalue weighted by Gasteiger charge is 2.47. The van der Waals surface area contributed by atoms with Crippen LogP contribution in [0.2, 0.25) is 0 Å². The van der Waals surface area contributed by atoms with Gasteiger partial charge >= 0.3 is 0 Å². The van der Waals surface area contributed by atoms with E-state index in [1.165, 1.54) is 0 Å². The second-order valence-electron chi connectivity index (χ2n) is 6.27. The largest absolute Gasteiger partial charge is 0.394 e. The van der Waals surface area contributed by atoms with Crippen molar-refractivity contribution in [1.29, 1.82) is 5.26 Å². The molecule has 0 aromatic rings. The summed E-state index contributed by atoms with van der Waals surface area (Å²) >= 11 is 0. The van der Waals surface area contributed by atoms with Crippen LogP contribution < -0.4 is 0 Å². The van der Waals surface area contributed by atoms with Crippen LogP contribution in [0.3, 0.4) is 0 Å². The van der Waals surface area contributed by atoms with Crippen molar-refractivity contribution in [2.24, 2.45) is 5.41 Å². The summed E-state index contributed by atoms with van der Waals surface area (Å²) in [5, 5.41) is 18.7. The first-order valence-electron chi connectivity index (χ1n) is 6.92. The molecular weight excluding hydrogens is 244 g/mol. The van der Waals surface area contributed by atoms with E-state index >= 15 is 0 Å². The number of carbonyl (C=O) groups is 1. The van der Waals surface area contributed by atoms with Crippen LogP contribution in [0.15, 0.2) is 0 Å². The molecule has 0 aromatic heterocycles. The lowest BCUT2D eigenvalue weighted by molar-refractivity contribution is -0.172. The van der Waals surface area contributed by atoms with E-state index < -0.39 is 11.0 Å². The molecular formula is C14H22N2O3. The van der Waals surface area contributed by atoms with Gasteiger partial charge in [0.1, 0.15) is 5.41 Å². The first kappa shape index (κ1) is 14.3. The molecule has 1 aliphatic heterocycles. The number of morpholine rings is 1. The highest BCUT2D eigenvalue weighted by molar-refractivity contribution is 5.86. The lowest BCUT2D eigenvalue weighted by atomic mass is 9.85. The molecule has 2 aliphatic rings. The van der Waals surface area contributed by atoms with Gasteiger partial charge in [0.2, 0.25) is 5.91 Å². The number of hydrogen-bond acceptors (Lipinski definition) is 4. The fourth-order valence-electron chi connectivity index (χ4n) is 3.20. The lowest BCUT2D eigenvalue weighted by Crippen LogP contribution is -2.58. The Labute approximate surface area is 114 Å². The molecule has 0 spiro atoms. The van der Waals surface area contributed by atoms with Gasteiger partial charge in [0.05, 0.1) is 24.4 Å². The monoisotopic (exact) mass is 266 g/mol. The average Bonchev–Trinajstić information content (AvgIpc) is 2.85. The molecule has 1 heterocycles. The molecule has 1 N–H and O–H groups in total. The molecule has 106 valence electrons. The maximum atomic E-state index is 12.7. The van der Waals surface area contributed by atoms with Crippen molar-refractivity contribution in [2.75, 3.05) is 19.7 Å². The van der Waals surface area contributed by atoms with E-state index in [0.717, 1.165) is 12.8 Å². The zero-order valence-corrected chi connectivity index (χ0v) is 11.7. The second-order valence-corrected chi connectivity index (χ2v) is 6.27. The lowest BCUT2D eigenvalue weighted by Gasteiger charge is -2.44. The molecule has 1 atom stereocenters. The van der Waals surface area contributed by atoms with E-state index in [9.17, 15) is 15.2 Å². The molecule has 2 fully saturated rings. The van der Waals surface area contributed by atoms with Crippen LogP contribution in [0.25, 0.3) is 0 Å². The quantitative estimate of drug-likeness (QED) is 0.811. The van der Waals surface area contributed by atoms with Crippen molar-refractivity contribution in [2.45, 2.75) is 51.2 Å². The number of hydrogen-bond donors (Lipinski definition) is 1. The number of aliphatic hydroxyl groups excluding tert-OH is 1. The van der Waals surface area contributed by atoms with Crippen LogP contribution >= 0.6 is 0 Å². The molecule has 19 heavy (non-hydrogen) atoms. The molecule has 1 amide bonds. The normalized spacial score (nSPS) is 28.9. The molecule has 1 saturated carbocycles. The van der Waals surface area contributed by atoms with Crippen LogP contribution in [0.4, 0.5) is 0 Å². The molecule has 5 nitrogen and oxygen atoms in total. The number of nitrogens with zero attached hydrogens (tertiary/aromatic N) is 2. The number of aliphatic hydroxyl groups is 1. The number of carbonyl (C=O) groups excluding carboxylic acids is 1. The number of ether oxygens (including phenoxy) is 1. The third kappa shape index (κ3) is 2.75. The Morgan fingerprint density at radius 2 is 2.11 bits per heavy atom. The van der Waals surface area contributed by atoms with Gasteiger partial charge in [-0.25, -0.2) is 0 Å². The summed E-state index contributed by atoms with van der Waals surface area (Å²) in [5.74, 6) is -0.0812. The maximum Gasteiger partial charge on any atom is 0.243 e. The van der Waals surface area contributed by atoms with Crippen LogP contribution in [-0.4, -0.2) is 47.3 Å². The molecule has 0 aromatic carbocycles. The van der Waals surface area contributed by atoms with Crippen molar-refractivity contribution >= 4 is 5.91 Å². The highest BCUT2D eigenvalue weighted by Crippen LogP contribution is 2.40. The van der Waals surface area contributed by atoms with Gasteiger partial charge in [-0.2, -0.15) is 5.26 Å². The van der Waals surface area contributed by atoms with Gasteiger partial charge in [0.15, 0.2) is 0 Å². The SMILES string of the molecule is CC1(C)CN(C(=O)C2(C#N)CCCC2)CC(CO)O1. The number of rotatable bonds is 2. The predicted molar refractivity (Wildman–Crippen MR) is 69.1 cm³/mol. The van der Waals surface area contributed by atoms with Crippen molar-refractivity contribution < 1.29 is 14.6 Å². The van der Waals surface area contributed by atoms with Crippen LogP contribution in [0, 0.1) is 16.7 Å². The summed E-state index contributed by atoms with van der Waals surface area (Å²) in [6, 6.07) is 2.24. The molecule has 1 saturated heterocycles. The Bertz CT molecular complexity index is 394. The number of nitriles is 1. The van der Waals surface area contributed by atoms with E-state index in [-0.39, 0.29) is 18.6 Å². The van der Waals surface area contributed by atoms with Gasteiger partial charge in [-0.1, -0.05) is 12.8 Å². The van der Waals surface area contributed by atoms with Gasteiger partial charge in [-0.15, -0.1) is 0 Å². The van der Waals surface area contributed by atoms with E-state index in [2.05, 4.69) is 6.07 Å². The first-order valence-corrected chi connectivity index (χ1v) is 6.92. The topological polar surface area (TPSA) is 73.6 Å². The van der Waals surface area contributed by atoms with Crippen LogP contribution in [0.5, 0.6) is 0 Å². The van der Waals surface area contributed by atoms with E-state index in [0.29, 0.717) is 25.9 Å². The Hall–Kier alpha value is -1.12. The fraction of sp³-hybridized carbons (Fsp3) is 0.857. The maximum absolute atomic E-state index is 12.7. The second kappa shape index (κ2) is 5.10. The van der Waals surface area contributed by atoms with Crippen molar-refractivity contribution in [3.8, 4) is 6.07 Å². The van der Waals surface area contributed by atoms with Crippen molar-refractivity contribution in [3.05, 3.63) is 0 Å². The summed E-state index contributed by atoms with van der Waals surface area (Å²) in [4.78, 5) is 14.4. The average molecular weight is 266 g/mol. The molecule has 1 unspecified atom stereocenters. The van der Waals surface area contributed by atoms with Gasteiger partial charge < -0.3 is 14.7 Å². The summed E-state index contributed by atoms with van der Waals surface area (Å²) < 4.78 is 5.71. The fourth-order valence-corrected chi connectivity index (χ4v) is 3.20. The van der Waals surface area contributed by atoms with Crippen molar-refractivity contribution in [3.63, 3.8) is 0 Å². The minimum absolute atomic E-state index is 0.0812. The Morgan fingerprint density at radius 3 is 2.63 bits per heavy atom. The van der Waals surface area contributed by atoms with Gasteiger partial charge in [0.25, 0.3) is 0 Å². The van der Waals surface area contributed by atoms with Crippen molar-refractivity contribution in [1.82, 2.24) is 4.90 Å². The molecule has 2 rings (SSSR count). The zero-order valence-electron chi connectivity index (χ0n) is 11.7. The molecule has 0 bridgehead atoms. The summed E-state index contributed by atoms with van der Waals surface area (Å²) in [6.07, 6.45) is 2.84. The predicted octanol–water partition coefficient (Wildman–Crippen LogP) is 1.07. The zero-order chi connectivity index (χ0) is 14.1. The van der Waals surface area contributed by atoms with Gasteiger partial charge in [0, 0.05) is 13.1 Å². The third-order valence-electron chi connectivity index (χ3n) is 4.05. The number of amides is 1. The van der Waals surface area contributed by atoms with E-state index in [1.807, 2.05) is 13.8 Å². The minimum atomic E-state index is -0.840. The molecule has 5 heteroatoms. The summed E-state index contributed by atoms with van der Waals surface area (Å²) in [5.41, 5.74) is -1.32. The standard InChI is InChI=1S/C14H22N2O3/c1-13(2)10-16(7-11(8-17)19-13)12(18)14(9-15)5-3-4-6-14/h11,17H,3-8,10H2,1-2H3. The highest BCUT2D eigenvalue weighted by atomic mass is 16.5. The van der Waals surface area contributed by atoms with E-state index in [1.54, 1.807) is 4.90 Å². The van der Waals surface area contributed by atoms with E-state index in [4.69, 9.17) is 4.74 Å². The Morgan fingerprint density at radius 1 is 1.47 bits per heavy atom. The van der Waals surface area contributed by atoms with Crippen LogP contribution in [0.1, 0.15) is 39.5 Å². The summed E-state index contributed by atoms with van der Waals surface area (Å²) in [7, 11) is 0. The van der Waals surface area contributed by atoms with Gasteiger partial charge in [-0.05, 0) is 26.7 Å². The summed E-state index contributed by atoms with van der Waals surface area (Å²) in [6.45, 7) is 4.56. The third-order valence-corrected chi connectivity index (χ3v) is 4.05. The smallest absolute Gasteiger partial charge is 0.243 e. The first-order chi connectivity index (χ1) is 8.92. The minimum Gasteiger partial charge on any atom is -0.394 e.